The number of nitrogens with zero attached hydrogens (tertiary/aromatic N) is 3. The Morgan fingerprint density at radius 3 is 2.70 bits per heavy atom. The molecular formula is C28H40N4O4S. The summed E-state index contributed by atoms with van der Waals surface area (Å²) in [5, 5.41) is 6.12. The first-order valence-corrected chi connectivity index (χ1v) is 14.2. The molecule has 4 rings (SSSR count). The van der Waals surface area contributed by atoms with E-state index in [2.05, 4.69) is 29.0 Å². The number of benzene rings is 1. The molecule has 0 spiro atoms. The number of fused-ring (bicyclic) bond motifs is 1. The van der Waals surface area contributed by atoms with E-state index >= 15 is 0 Å². The number of rotatable bonds is 5. The summed E-state index contributed by atoms with van der Waals surface area (Å²) in [5.41, 5.74) is 1.15. The maximum atomic E-state index is 13.4. The molecule has 2 aliphatic rings. The van der Waals surface area contributed by atoms with Crippen molar-refractivity contribution in [1.29, 1.82) is 0 Å². The predicted octanol–water partition coefficient (Wildman–Crippen LogP) is 4.67. The van der Waals surface area contributed by atoms with Crippen molar-refractivity contribution in [3.8, 4) is 5.75 Å². The van der Waals surface area contributed by atoms with Crippen molar-refractivity contribution in [2.24, 2.45) is 11.8 Å². The zero-order chi connectivity index (χ0) is 26.4. The first-order valence-electron chi connectivity index (χ1n) is 13.3. The van der Waals surface area contributed by atoms with Crippen LogP contribution in [0, 0.1) is 11.8 Å². The van der Waals surface area contributed by atoms with Gasteiger partial charge < -0.3 is 19.7 Å². The van der Waals surface area contributed by atoms with E-state index in [1.807, 2.05) is 11.6 Å². The Balaban J connectivity index is 1.59. The van der Waals surface area contributed by atoms with Crippen LogP contribution in [0.4, 0.5) is 5.69 Å². The molecule has 8 nitrogen and oxygen atoms in total. The number of amides is 2. The van der Waals surface area contributed by atoms with Crippen molar-refractivity contribution in [2.45, 2.75) is 64.6 Å². The second kappa shape index (κ2) is 12.8. The quantitative estimate of drug-likeness (QED) is 0.607. The Bertz CT molecular complexity index is 1040. The van der Waals surface area contributed by atoms with Crippen LogP contribution >= 0.6 is 11.3 Å². The standard InChI is InChI=1S/C28H40N4O4S/c1-19-15-32(17-26-29-12-13-37-26)20(2)18-36-24-14-22(30-27(33)21-8-6-5-7-9-21)10-11-23(24)28(34)31(3)16-25(19)35-4/h10-14,19-21,25H,5-9,15-18H2,1-4H3,(H,30,33)/t19-,20+,25-/m1/s1. The van der Waals surface area contributed by atoms with Gasteiger partial charge in [-0.05, 0) is 37.8 Å². The summed E-state index contributed by atoms with van der Waals surface area (Å²) in [6.07, 6.45) is 6.99. The third-order valence-electron chi connectivity index (χ3n) is 7.64. The molecule has 1 aliphatic carbocycles. The summed E-state index contributed by atoms with van der Waals surface area (Å²) in [4.78, 5) is 34.8. The molecule has 0 bridgehead atoms. The molecule has 1 aromatic carbocycles. The van der Waals surface area contributed by atoms with Crippen LogP contribution in [0.5, 0.6) is 5.75 Å². The number of carbonyl (C=O) groups excluding carboxylic acids is 2. The Hall–Kier alpha value is -2.49. The van der Waals surface area contributed by atoms with Crippen LogP contribution in [0.25, 0.3) is 0 Å². The highest BCUT2D eigenvalue weighted by Gasteiger charge is 2.29. The Morgan fingerprint density at radius 2 is 2.00 bits per heavy atom. The van der Waals surface area contributed by atoms with Gasteiger partial charge in [0.25, 0.3) is 5.91 Å². The second-order valence-corrected chi connectivity index (χ2v) is 11.5. The Morgan fingerprint density at radius 1 is 1.22 bits per heavy atom. The van der Waals surface area contributed by atoms with Crippen molar-refractivity contribution in [3.63, 3.8) is 0 Å². The number of ether oxygens (including phenoxy) is 2. The molecule has 9 heteroatoms. The van der Waals surface area contributed by atoms with Gasteiger partial charge in [0.15, 0.2) is 0 Å². The van der Waals surface area contributed by atoms with Crippen LogP contribution in [-0.2, 0) is 16.1 Å². The molecule has 202 valence electrons. The minimum Gasteiger partial charge on any atom is -0.491 e. The molecule has 2 aromatic rings. The fraction of sp³-hybridized carbons (Fsp3) is 0.607. The minimum absolute atomic E-state index is 0.0517. The molecule has 3 atom stereocenters. The van der Waals surface area contributed by atoms with Crippen LogP contribution in [0.2, 0.25) is 0 Å². The molecule has 1 N–H and O–H groups in total. The average molecular weight is 529 g/mol. The highest BCUT2D eigenvalue weighted by molar-refractivity contribution is 7.09. The van der Waals surface area contributed by atoms with Gasteiger partial charge in [-0.2, -0.15) is 0 Å². The SMILES string of the molecule is CO[C@@H]1CN(C)C(=O)c2ccc(NC(=O)C3CCCCC3)cc2OC[C@H](C)N(Cc2nccs2)C[C@H]1C. The van der Waals surface area contributed by atoms with Crippen LogP contribution < -0.4 is 10.1 Å². The molecule has 1 aliphatic heterocycles. The van der Waals surface area contributed by atoms with Crippen LogP contribution in [-0.4, -0.2) is 72.6 Å². The van der Waals surface area contributed by atoms with E-state index in [0.29, 0.717) is 30.2 Å². The van der Waals surface area contributed by atoms with Gasteiger partial charge in [-0.1, -0.05) is 26.2 Å². The van der Waals surface area contributed by atoms with Gasteiger partial charge in [-0.3, -0.25) is 14.5 Å². The number of hydrogen-bond acceptors (Lipinski definition) is 7. The fourth-order valence-corrected chi connectivity index (χ4v) is 5.90. The lowest BCUT2D eigenvalue weighted by Crippen LogP contribution is -2.46. The third-order valence-corrected chi connectivity index (χ3v) is 8.41. The van der Waals surface area contributed by atoms with Gasteiger partial charge in [0, 0.05) is 62.5 Å². The topological polar surface area (TPSA) is 84.0 Å². The lowest BCUT2D eigenvalue weighted by Gasteiger charge is -2.35. The number of likely N-dealkylation sites (N-methyl/N-ethyl adjacent to an activating group) is 1. The Kier molecular flexibility index (Phi) is 9.56. The Labute approximate surface area is 224 Å². The van der Waals surface area contributed by atoms with Gasteiger partial charge in [-0.25, -0.2) is 4.98 Å². The highest BCUT2D eigenvalue weighted by atomic mass is 32.1. The van der Waals surface area contributed by atoms with E-state index in [-0.39, 0.29) is 35.8 Å². The average Bonchev–Trinajstić information content (AvgIpc) is 3.42. The van der Waals surface area contributed by atoms with Gasteiger partial charge in [0.1, 0.15) is 17.4 Å². The zero-order valence-corrected chi connectivity index (χ0v) is 23.3. The lowest BCUT2D eigenvalue weighted by molar-refractivity contribution is -0.120. The van der Waals surface area contributed by atoms with Crippen molar-refractivity contribution in [2.75, 3.05) is 39.2 Å². The first-order chi connectivity index (χ1) is 17.9. The van der Waals surface area contributed by atoms with Crippen LogP contribution in [0.15, 0.2) is 29.8 Å². The summed E-state index contributed by atoms with van der Waals surface area (Å²) in [6.45, 7) is 6.68. The number of hydrogen-bond donors (Lipinski definition) is 1. The molecule has 0 saturated heterocycles. The largest absolute Gasteiger partial charge is 0.491 e. The number of aromatic nitrogens is 1. The summed E-state index contributed by atoms with van der Waals surface area (Å²) in [5.74, 6) is 0.662. The monoisotopic (exact) mass is 528 g/mol. The molecule has 37 heavy (non-hydrogen) atoms. The third kappa shape index (κ3) is 7.09. The lowest BCUT2D eigenvalue weighted by atomic mass is 9.88. The molecule has 1 saturated carbocycles. The molecule has 0 unspecified atom stereocenters. The van der Waals surface area contributed by atoms with Gasteiger partial charge in [0.05, 0.1) is 18.2 Å². The van der Waals surface area contributed by atoms with E-state index < -0.39 is 0 Å². The zero-order valence-electron chi connectivity index (χ0n) is 22.4. The summed E-state index contributed by atoms with van der Waals surface area (Å²) in [6, 6.07) is 5.43. The smallest absolute Gasteiger partial charge is 0.257 e. The maximum Gasteiger partial charge on any atom is 0.257 e. The van der Waals surface area contributed by atoms with E-state index in [9.17, 15) is 9.59 Å². The van der Waals surface area contributed by atoms with Crippen molar-refractivity contribution in [3.05, 3.63) is 40.3 Å². The second-order valence-electron chi connectivity index (χ2n) is 10.5. The highest BCUT2D eigenvalue weighted by Crippen LogP contribution is 2.29. The van der Waals surface area contributed by atoms with Gasteiger partial charge in [0.2, 0.25) is 5.91 Å². The van der Waals surface area contributed by atoms with Crippen molar-refractivity contribution < 1.29 is 19.1 Å². The van der Waals surface area contributed by atoms with E-state index in [4.69, 9.17) is 9.47 Å². The molecule has 2 amide bonds. The van der Waals surface area contributed by atoms with Gasteiger partial charge in [-0.15, -0.1) is 11.3 Å². The molecule has 1 fully saturated rings. The molecule has 1 aromatic heterocycles. The van der Waals surface area contributed by atoms with E-state index in [0.717, 1.165) is 43.8 Å². The number of anilines is 1. The summed E-state index contributed by atoms with van der Waals surface area (Å²) in [7, 11) is 3.50. The van der Waals surface area contributed by atoms with Crippen molar-refractivity contribution >= 4 is 28.8 Å². The molecular weight excluding hydrogens is 488 g/mol. The van der Waals surface area contributed by atoms with Gasteiger partial charge >= 0.3 is 0 Å². The van der Waals surface area contributed by atoms with Crippen molar-refractivity contribution in [1.82, 2.24) is 14.8 Å². The summed E-state index contributed by atoms with van der Waals surface area (Å²) < 4.78 is 12.1. The normalized spacial score (nSPS) is 24.5. The number of carbonyl (C=O) groups is 2. The maximum absolute atomic E-state index is 13.4. The van der Waals surface area contributed by atoms with Crippen LogP contribution in [0.1, 0.15) is 61.3 Å². The number of methoxy groups -OCH3 is 1. The fourth-order valence-electron chi connectivity index (χ4n) is 5.26. The number of nitrogens with one attached hydrogen (secondary N) is 1. The predicted molar refractivity (Wildman–Crippen MR) is 146 cm³/mol. The van der Waals surface area contributed by atoms with Crippen LogP contribution in [0.3, 0.4) is 0 Å². The molecule has 2 heterocycles. The molecule has 0 radical (unpaired) electrons. The number of thiazole rings is 1. The minimum atomic E-state index is -0.123. The first kappa shape index (κ1) is 27.5. The van der Waals surface area contributed by atoms with E-state index in [1.165, 1.54) is 6.42 Å². The van der Waals surface area contributed by atoms with E-state index in [1.54, 1.807) is 48.6 Å². The summed E-state index contributed by atoms with van der Waals surface area (Å²) >= 11 is 1.65.